The summed E-state index contributed by atoms with van der Waals surface area (Å²) in [5, 5.41) is 7.42. The van der Waals surface area contributed by atoms with Gasteiger partial charge in [-0.15, -0.1) is 10.2 Å². The van der Waals surface area contributed by atoms with Gasteiger partial charge in [0, 0.05) is 0 Å². The molecular formula is C13H8N2O. The summed E-state index contributed by atoms with van der Waals surface area (Å²) in [6, 6.07) is 15.4. The van der Waals surface area contributed by atoms with E-state index in [0.29, 0.717) is 11.3 Å². The predicted octanol–water partition coefficient (Wildman–Crippen LogP) is 3.59. The lowest BCUT2D eigenvalue weighted by Crippen LogP contribution is -1.93. The highest BCUT2D eigenvalue weighted by molar-refractivity contribution is 6.07. The third kappa shape index (κ3) is 1.26. The zero-order valence-electron chi connectivity index (χ0n) is 8.42. The number of rotatable bonds is 1. The minimum Gasteiger partial charge on any atom is -0.265 e. The van der Waals surface area contributed by atoms with Crippen LogP contribution in [0.2, 0.25) is 0 Å². The molecule has 1 amide bonds. The molecule has 3 heteroatoms. The maximum Gasteiger partial charge on any atom is 0.298 e. The first kappa shape index (κ1) is 8.97. The minimum atomic E-state index is -0.255. The number of carbonyl (C=O) groups excluding carboxylic acids is 1. The zero-order chi connectivity index (χ0) is 11.0. The molecule has 2 aromatic rings. The van der Waals surface area contributed by atoms with E-state index in [2.05, 4.69) is 10.2 Å². The Morgan fingerprint density at radius 1 is 0.812 bits per heavy atom. The van der Waals surface area contributed by atoms with Crippen molar-refractivity contribution in [3.63, 3.8) is 0 Å². The number of amides is 1. The summed E-state index contributed by atoms with van der Waals surface area (Å²) < 4.78 is 0. The van der Waals surface area contributed by atoms with Crippen LogP contribution in [0.15, 0.2) is 58.8 Å². The van der Waals surface area contributed by atoms with Crippen LogP contribution in [0, 0.1) is 0 Å². The van der Waals surface area contributed by atoms with Gasteiger partial charge in [-0.3, -0.25) is 4.79 Å². The fourth-order valence-electron chi connectivity index (χ4n) is 1.86. The quantitative estimate of drug-likeness (QED) is 0.706. The molecule has 0 saturated heterocycles. The van der Waals surface area contributed by atoms with Crippen LogP contribution in [-0.4, -0.2) is 5.91 Å². The molecule has 0 fully saturated rings. The largest absolute Gasteiger partial charge is 0.298 e. The lowest BCUT2D eigenvalue weighted by Gasteiger charge is -2.04. The molecule has 0 spiro atoms. The third-order valence-electron chi connectivity index (χ3n) is 2.59. The van der Waals surface area contributed by atoms with Gasteiger partial charge in [0.1, 0.15) is 0 Å². The Bertz CT molecular complexity index is 588. The highest BCUT2D eigenvalue weighted by Crippen LogP contribution is 2.35. The van der Waals surface area contributed by atoms with Gasteiger partial charge in [0.25, 0.3) is 5.91 Å². The molecular weight excluding hydrogens is 200 g/mol. The van der Waals surface area contributed by atoms with E-state index >= 15 is 0 Å². The molecule has 0 N–H and O–H groups in total. The van der Waals surface area contributed by atoms with Crippen LogP contribution < -0.4 is 0 Å². The molecule has 16 heavy (non-hydrogen) atoms. The van der Waals surface area contributed by atoms with E-state index in [9.17, 15) is 4.79 Å². The van der Waals surface area contributed by atoms with Crippen LogP contribution in [0.3, 0.4) is 0 Å². The first-order valence-electron chi connectivity index (χ1n) is 5.01. The first-order valence-corrected chi connectivity index (χ1v) is 5.01. The molecule has 76 valence electrons. The maximum atomic E-state index is 11.6. The van der Waals surface area contributed by atoms with Gasteiger partial charge in [-0.2, -0.15) is 0 Å². The lowest BCUT2D eigenvalue weighted by molar-refractivity contribution is 0.100. The van der Waals surface area contributed by atoms with Crippen LogP contribution in [0.1, 0.15) is 10.4 Å². The fourth-order valence-corrected chi connectivity index (χ4v) is 1.86. The number of carbonyl (C=O) groups is 1. The first-order chi connectivity index (χ1) is 7.86. The summed E-state index contributed by atoms with van der Waals surface area (Å²) in [6.45, 7) is 0. The molecule has 0 aromatic heterocycles. The Kier molecular flexibility index (Phi) is 1.90. The van der Waals surface area contributed by atoms with E-state index in [4.69, 9.17) is 0 Å². The molecule has 0 atom stereocenters. The van der Waals surface area contributed by atoms with Crippen molar-refractivity contribution >= 4 is 11.6 Å². The van der Waals surface area contributed by atoms with Crippen molar-refractivity contribution in [3.05, 3.63) is 54.1 Å². The van der Waals surface area contributed by atoms with Crippen LogP contribution in [0.4, 0.5) is 5.69 Å². The number of benzene rings is 2. The summed E-state index contributed by atoms with van der Waals surface area (Å²) in [7, 11) is 0. The number of fused-ring (bicyclic) bond motifs is 1. The van der Waals surface area contributed by atoms with Crippen molar-refractivity contribution < 1.29 is 4.79 Å². The van der Waals surface area contributed by atoms with Crippen molar-refractivity contribution in [2.75, 3.05) is 0 Å². The van der Waals surface area contributed by atoms with E-state index < -0.39 is 0 Å². The molecule has 0 aliphatic carbocycles. The Morgan fingerprint density at radius 3 is 2.44 bits per heavy atom. The van der Waals surface area contributed by atoms with Gasteiger partial charge >= 0.3 is 0 Å². The van der Waals surface area contributed by atoms with Gasteiger partial charge in [0.05, 0.1) is 11.3 Å². The minimum absolute atomic E-state index is 0.255. The Labute approximate surface area is 92.5 Å². The maximum absolute atomic E-state index is 11.6. The molecule has 1 aliphatic rings. The van der Waals surface area contributed by atoms with Crippen molar-refractivity contribution in [3.8, 4) is 11.1 Å². The van der Waals surface area contributed by atoms with Gasteiger partial charge in [0.2, 0.25) is 0 Å². The van der Waals surface area contributed by atoms with E-state index in [1.54, 1.807) is 6.07 Å². The number of hydrogen-bond acceptors (Lipinski definition) is 2. The van der Waals surface area contributed by atoms with Crippen molar-refractivity contribution in [2.24, 2.45) is 10.2 Å². The van der Waals surface area contributed by atoms with Crippen LogP contribution in [-0.2, 0) is 0 Å². The number of azo groups is 1. The molecule has 0 saturated carbocycles. The smallest absolute Gasteiger partial charge is 0.265 e. The third-order valence-corrected chi connectivity index (χ3v) is 2.59. The predicted molar refractivity (Wildman–Crippen MR) is 60.7 cm³/mol. The highest BCUT2D eigenvalue weighted by Gasteiger charge is 2.21. The summed E-state index contributed by atoms with van der Waals surface area (Å²) in [4.78, 5) is 11.6. The SMILES string of the molecule is O=C1N=Nc2cccc(-c3ccccc3)c21. The number of hydrogen-bond donors (Lipinski definition) is 0. The van der Waals surface area contributed by atoms with Crippen molar-refractivity contribution in [1.82, 2.24) is 0 Å². The Balaban J connectivity index is 2.25. The molecule has 0 bridgehead atoms. The second-order valence-electron chi connectivity index (χ2n) is 3.57. The molecule has 3 nitrogen and oxygen atoms in total. The van der Waals surface area contributed by atoms with Crippen molar-refractivity contribution in [2.45, 2.75) is 0 Å². The summed E-state index contributed by atoms with van der Waals surface area (Å²) in [6.07, 6.45) is 0. The van der Waals surface area contributed by atoms with Crippen LogP contribution >= 0.6 is 0 Å². The van der Waals surface area contributed by atoms with Gasteiger partial charge in [-0.05, 0) is 17.2 Å². The van der Waals surface area contributed by atoms with Crippen LogP contribution in [0.5, 0.6) is 0 Å². The zero-order valence-corrected chi connectivity index (χ0v) is 8.42. The van der Waals surface area contributed by atoms with Gasteiger partial charge in [-0.25, -0.2) is 0 Å². The average molecular weight is 208 g/mol. The lowest BCUT2D eigenvalue weighted by atomic mass is 9.98. The molecule has 0 unspecified atom stereocenters. The fraction of sp³-hybridized carbons (Fsp3) is 0. The molecule has 3 rings (SSSR count). The number of nitrogens with zero attached hydrogens (tertiary/aromatic N) is 2. The monoisotopic (exact) mass is 208 g/mol. The second kappa shape index (κ2) is 3.38. The molecule has 1 aliphatic heterocycles. The highest BCUT2D eigenvalue weighted by atomic mass is 16.2. The van der Waals surface area contributed by atoms with Crippen LogP contribution in [0.25, 0.3) is 11.1 Å². The van der Waals surface area contributed by atoms with E-state index in [1.165, 1.54) is 0 Å². The normalized spacial score (nSPS) is 12.9. The molecule has 1 heterocycles. The van der Waals surface area contributed by atoms with Gasteiger partial charge < -0.3 is 0 Å². The van der Waals surface area contributed by atoms with E-state index in [0.717, 1.165) is 11.1 Å². The Morgan fingerprint density at radius 2 is 1.62 bits per heavy atom. The average Bonchev–Trinajstić information content (AvgIpc) is 2.73. The van der Waals surface area contributed by atoms with Gasteiger partial charge in [0.15, 0.2) is 0 Å². The molecule has 0 radical (unpaired) electrons. The van der Waals surface area contributed by atoms with Crippen molar-refractivity contribution in [1.29, 1.82) is 0 Å². The molecule has 2 aromatic carbocycles. The Hall–Kier alpha value is -2.29. The second-order valence-corrected chi connectivity index (χ2v) is 3.57. The van der Waals surface area contributed by atoms with E-state index in [-0.39, 0.29) is 5.91 Å². The topological polar surface area (TPSA) is 41.8 Å². The standard InChI is InChI=1S/C13H8N2O/c16-13-12-10(9-5-2-1-3-6-9)7-4-8-11(12)14-15-13/h1-8H. The summed E-state index contributed by atoms with van der Waals surface area (Å²) >= 11 is 0. The van der Waals surface area contributed by atoms with E-state index in [1.807, 2.05) is 42.5 Å². The summed E-state index contributed by atoms with van der Waals surface area (Å²) in [5.41, 5.74) is 3.17. The summed E-state index contributed by atoms with van der Waals surface area (Å²) in [5.74, 6) is -0.255. The van der Waals surface area contributed by atoms with Gasteiger partial charge in [-0.1, -0.05) is 42.5 Å².